The van der Waals surface area contributed by atoms with E-state index in [-0.39, 0.29) is 11.3 Å². The lowest BCUT2D eigenvalue weighted by Gasteiger charge is -2.02. The number of benzene rings is 1. The Balaban J connectivity index is 1.98. The number of rotatable bonds is 2. The summed E-state index contributed by atoms with van der Waals surface area (Å²) in [6.45, 7) is 4.14. The van der Waals surface area contributed by atoms with Crippen molar-refractivity contribution in [2.45, 2.75) is 19.9 Å². The topological polar surface area (TPSA) is 60.9 Å². The summed E-state index contributed by atoms with van der Waals surface area (Å²) in [5.41, 5.74) is 2.29. The summed E-state index contributed by atoms with van der Waals surface area (Å²) in [6.07, 6.45) is 3.69. The van der Waals surface area contributed by atoms with Crippen molar-refractivity contribution >= 4 is 44.1 Å². The summed E-state index contributed by atoms with van der Waals surface area (Å²) in [5, 5.41) is 9.97. The minimum atomic E-state index is 0.273. The predicted molar refractivity (Wildman–Crippen MR) is 92.6 cm³/mol. The van der Waals surface area contributed by atoms with E-state index < -0.39 is 0 Å². The van der Waals surface area contributed by atoms with Gasteiger partial charge in [0.15, 0.2) is 11.5 Å². The Kier molecular flexibility index (Phi) is 3.35. The number of nitrogens with zero attached hydrogens (tertiary/aromatic N) is 6. The van der Waals surface area contributed by atoms with Crippen LogP contribution in [-0.2, 0) is 0 Å². The van der Waals surface area contributed by atoms with Gasteiger partial charge in [-0.2, -0.15) is 9.61 Å². The first kappa shape index (κ1) is 14.6. The molecule has 4 aromatic rings. The molecule has 0 fully saturated rings. The number of aromatic nitrogens is 6. The lowest BCUT2D eigenvalue weighted by Crippen LogP contribution is -1.99. The van der Waals surface area contributed by atoms with E-state index in [1.807, 2.05) is 29.1 Å². The van der Waals surface area contributed by atoms with Crippen molar-refractivity contribution in [1.29, 1.82) is 0 Å². The summed E-state index contributed by atoms with van der Waals surface area (Å²) in [4.78, 5) is 9.04. The minimum absolute atomic E-state index is 0.273. The lowest BCUT2D eigenvalue weighted by molar-refractivity contribution is 0.532. The highest BCUT2D eigenvalue weighted by molar-refractivity contribution is 9.10. The monoisotopic (exact) mass is 390 g/mol. The van der Waals surface area contributed by atoms with E-state index in [0.29, 0.717) is 11.5 Å². The Labute approximate surface area is 145 Å². The second-order valence-corrected chi connectivity index (χ2v) is 6.68. The summed E-state index contributed by atoms with van der Waals surface area (Å²) in [7, 11) is 0. The van der Waals surface area contributed by atoms with Gasteiger partial charge >= 0.3 is 0 Å². The lowest BCUT2D eigenvalue weighted by atomic mass is 10.2. The van der Waals surface area contributed by atoms with Crippen LogP contribution in [0.4, 0.5) is 0 Å². The third-order valence-corrected chi connectivity index (χ3v) is 4.49. The Bertz CT molecular complexity index is 1040. The van der Waals surface area contributed by atoms with Gasteiger partial charge in [0, 0.05) is 22.1 Å². The fourth-order valence-corrected chi connectivity index (χ4v) is 3.08. The molecule has 0 spiro atoms. The number of hydrogen-bond acceptors (Lipinski definition) is 4. The van der Waals surface area contributed by atoms with Crippen LogP contribution in [0.15, 0.2) is 35.1 Å². The van der Waals surface area contributed by atoms with Gasteiger partial charge in [-0.15, -0.1) is 5.10 Å². The normalized spacial score (nSPS) is 11.9. The molecule has 0 N–H and O–H groups in total. The summed E-state index contributed by atoms with van der Waals surface area (Å²) in [5.74, 6) is 0.577. The Hall–Kier alpha value is -1.99. The molecule has 0 unspecified atom stereocenters. The second kappa shape index (κ2) is 5.28. The van der Waals surface area contributed by atoms with Gasteiger partial charge < -0.3 is 0 Å². The van der Waals surface area contributed by atoms with E-state index in [9.17, 15) is 0 Å². The van der Waals surface area contributed by atoms with E-state index in [2.05, 4.69) is 49.9 Å². The molecule has 0 aliphatic heterocycles. The van der Waals surface area contributed by atoms with Gasteiger partial charge in [0.05, 0.1) is 17.3 Å². The highest BCUT2D eigenvalue weighted by atomic mass is 79.9. The first-order valence-electron chi connectivity index (χ1n) is 7.09. The van der Waals surface area contributed by atoms with E-state index in [1.165, 1.54) is 0 Å². The fraction of sp³-hybridized carbons (Fsp3) is 0.200. The molecule has 0 saturated carbocycles. The molecule has 0 saturated heterocycles. The first-order valence-corrected chi connectivity index (χ1v) is 8.26. The zero-order valence-corrected chi connectivity index (χ0v) is 14.7. The van der Waals surface area contributed by atoms with Crippen LogP contribution >= 0.6 is 27.5 Å². The molecule has 6 nitrogen and oxygen atoms in total. The van der Waals surface area contributed by atoms with Gasteiger partial charge in [0.1, 0.15) is 0 Å². The van der Waals surface area contributed by atoms with Crippen LogP contribution in [0.2, 0.25) is 5.28 Å². The SMILES string of the molecule is CC(C)n1cc(-c2nc3c4cccc(Br)c4nc(Cl)n3n2)cn1. The van der Waals surface area contributed by atoms with Crippen LogP contribution < -0.4 is 0 Å². The molecule has 0 bridgehead atoms. The first-order chi connectivity index (χ1) is 11.0. The van der Waals surface area contributed by atoms with Crippen molar-refractivity contribution in [2.24, 2.45) is 0 Å². The van der Waals surface area contributed by atoms with E-state index in [1.54, 1.807) is 10.7 Å². The predicted octanol–water partition coefficient (Wildman–Crippen LogP) is 4.14. The summed E-state index contributed by atoms with van der Waals surface area (Å²) in [6, 6.07) is 6.09. The average molecular weight is 392 g/mol. The van der Waals surface area contributed by atoms with Crippen molar-refractivity contribution < 1.29 is 0 Å². The van der Waals surface area contributed by atoms with Crippen molar-refractivity contribution in [3.8, 4) is 11.4 Å². The Morgan fingerprint density at radius 3 is 2.78 bits per heavy atom. The molecule has 3 heterocycles. The standard InChI is InChI=1S/C15H12BrClN6/c1-8(2)22-7-9(6-18-22)13-20-14-10-4-3-5-11(16)12(10)19-15(17)23(14)21-13/h3-8H,1-2H3. The molecule has 1 aromatic carbocycles. The zero-order valence-electron chi connectivity index (χ0n) is 12.4. The third-order valence-electron chi connectivity index (χ3n) is 3.60. The second-order valence-electron chi connectivity index (χ2n) is 5.49. The van der Waals surface area contributed by atoms with Crippen molar-refractivity contribution in [3.05, 3.63) is 40.3 Å². The van der Waals surface area contributed by atoms with Gasteiger partial charge in [0.2, 0.25) is 5.28 Å². The fourth-order valence-electron chi connectivity index (χ4n) is 2.42. The molecule has 23 heavy (non-hydrogen) atoms. The Morgan fingerprint density at radius 2 is 2.04 bits per heavy atom. The maximum atomic E-state index is 6.27. The smallest absolute Gasteiger partial charge is 0.226 e. The van der Waals surface area contributed by atoms with Crippen molar-refractivity contribution in [1.82, 2.24) is 29.4 Å². The van der Waals surface area contributed by atoms with Crippen LogP contribution in [0.1, 0.15) is 19.9 Å². The molecule has 0 aliphatic rings. The van der Waals surface area contributed by atoms with Crippen LogP contribution in [0.25, 0.3) is 27.9 Å². The van der Waals surface area contributed by atoms with Gasteiger partial charge in [-0.3, -0.25) is 4.68 Å². The Morgan fingerprint density at radius 1 is 1.22 bits per heavy atom. The number of fused-ring (bicyclic) bond motifs is 3. The average Bonchev–Trinajstić information content (AvgIpc) is 3.15. The van der Waals surface area contributed by atoms with Crippen molar-refractivity contribution in [3.63, 3.8) is 0 Å². The molecular weight excluding hydrogens is 380 g/mol. The molecule has 4 rings (SSSR count). The molecule has 0 atom stereocenters. The van der Waals surface area contributed by atoms with Crippen molar-refractivity contribution in [2.75, 3.05) is 0 Å². The third kappa shape index (κ3) is 2.31. The van der Waals surface area contributed by atoms with Gasteiger partial charge in [-0.25, -0.2) is 9.97 Å². The number of halogens is 2. The highest BCUT2D eigenvalue weighted by Crippen LogP contribution is 2.28. The largest absolute Gasteiger partial charge is 0.270 e. The van der Waals surface area contributed by atoms with E-state index in [0.717, 1.165) is 20.9 Å². The van der Waals surface area contributed by atoms with E-state index >= 15 is 0 Å². The van der Waals surface area contributed by atoms with Gasteiger partial charge in [-0.05, 0) is 53.5 Å². The summed E-state index contributed by atoms with van der Waals surface area (Å²) >= 11 is 9.77. The summed E-state index contributed by atoms with van der Waals surface area (Å²) < 4.78 is 4.30. The molecule has 3 aromatic heterocycles. The number of hydrogen-bond donors (Lipinski definition) is 0. The molecule has 0 aliphatic carbocycles. The molecular formula is C15H12BrClN6. The zero-order chi connectivity index (χ0) is 16.1. The molecule has 8 heteroatoms. The van der Waals surface area contributed by atoms with E-state index in [4.69, 9.17) is 11.6 Å². The van der Waals surface area contributed by atoms with Crippen LogP contribution in [-0.4, -0.2) is 29.4 Å². The molecule has 0 radical (unpaired) electrons. The van der Waals surface area contributed by atoms with Crippen LogP contribution in [0.3, 0.4) is 0 Å². The van der Waals surface area contributed by atoms with Crippen LogP contribution in [0.5, 0.6) is 0 Å². The quantitative estimate of drug-likeness (QED) is 0.482. The minimum Gasteiger partial charge on any atom is -0.270 e. The molecule has 0 amide bonds. The van der Waals surface area contributed by atoms with Gasteiger partial charge in [-0.1, -0.05) is 6.07 Å². The van der Waals surface area contributed by atoms with Crippen LogP contribution in [0, 0.1) is 0 Å². The maximum absolute atomic E-state index is 6.27. The molecule has 116 valence electrons. The maximum Gasteiger partial charge on any atom is 0.226 e. The number of para-hydroxylation sites is 1. The highest BCUT2D eigenvalue weighted by Gasteiger charge is 2.16. The van der Waals surface area contributed by atoms with Gasteiger partial charge in [0.25, 0.3) is 0 Å².